The first-order valence-corrected chi connectivity index (χ1v) is 7.67. The lowest BCUT2D eigenvalue weighted by atomic mass is 10.1. The maximum Gasteiger partial charge on any atom is 0.255 e. The Balaban J connectivity index is 1.59. The molecule has 6 heteroatoms. The number of H-pyrrole nitrogens is 1. The van der Waals surface area contributed by atoms with Gasteiger partial charge in [-0.3, -0.25) is 4.79 Å². The Morgan fingerprint density at radius 2 is 2.24 bits per heavy atom. The summed E-state index contributed by atoms with van der Waals surface area (Å²) in [7, 11) is 0. The number of carbonyl (C=O) groups is 1. The number of nitrogens with one attached hydrogen (secondary N) is 3. The normalized spacial score (nSPS) is 22.4. The molecule has 6 nitrogen and oxygen atoms in total. The van der Waals surface area contributed by atoms with E-state index < -0.39 is 0 Å². The van der Waals surface area contributed by atoms with Gasteiger partial charge in [0.1, 0.15) is 5.52 Å². The molecule has 1 saturated carbocycles. The summed E-state index contributed by atoms with van der Waals surface area (Å²) in [6, 6.07) is 0.204. The lowest BCUT2D eigenvalue weighted by Gasteiger charge is -2.23. The largest absolute Gasteiger partial charge is 0.348 e. The third-order valence-corrected chi connectivity index (χ3v) is 4.27. The Kier molecular flexibility index (Phi) is 3.11. The highest BCUT2D eigenvalue weighted by Crippen LogP contribution is 2.39. The third-order valence-electron chi connectivity index (χ3n) is 4.27. The number of hydrogen-bond donors (Lipinski definition) is 3. The Morgan fingerprint density at radius 3 is 3.00 bits per heavy atom. The minimum Gasteiger partial charge on any atom is -0.348 e. The van der Waals surface area contributed by atoms with Crippen LogP contribution in [0.25, 0.3) is 11.2 Å². The molecular weight excluding hydrogens is 266 g/mol. The monoisotopic (exact) mass is 285 g/mol. The summed E-state index contributed by atoms with van der Waals surface area (Å²) in [6.07, 6.45) is 8.03. The summed E-state index contributed by atoms with van der Waals surface area (Å²) < 4.78 is 0. The molecule has 0 spiro atoms. The second kappa shape index (κ2) is 5.11. The fourth-order valence-electron chi connectivity index (χ4n) is 2.89. The number of aromatic amines is 1. The van der Waals surface area contributed by atoms with Crippen LogP contribution in [0.3, 0.4) is 0 Å². The zero-order valence-corrected chi connectivity index (χ0v) is 11.9. The van der Waals surface area contributed by atoms with Gasteiger partial charge in [-0.05, 0) is 32.2 Å². The van der Waals surface area contributed by atoms with Gasteiger partial charge in [-0.25, -0.2) is 9.97 Å². The van der Waals surface area contributed by atoms with E-state index in [-0.39, 0.29) is 11.9 Å². The molecule has 0 radical (unpaired) electrons. The van der Waals surface area contributed by atoms with Crippen LogP contribution in [0, 0.1) is 0 Å². The molecule has 2 aromatic heterocycles. The highest BCUT2D eigenvalue weighted by molar-refractivity contribution is 6.04. The fraction of sp³-hybridized carbons (Fsp3) is 0.533. The first-order chi connectivity index (χ1) is 10.3. The van der Waals surface area contributed by atoms with Crippen molar-refractivity contribution in [2.45, 2.75) is 37.6 Å². The van der Waals surface area contributed by atoms with Gasteiger partial charge < -0.3 is 15.6 Å². The SMILES string of the molecule is O=C(NC1CCCNC1)c1c[nH]c2ncc(C3CC3)nc12. The van der Waals surface area contributed by atoms with Crippen molar-refractivity contribution in [1.29, 1.82) is 0 Å². The first kappa shape index (κ1) is 12.8. The van der Waals surface area contributed by atoms with Gasteiger partial charge in [0.2, 0.25) is 0 Å². The minimum absolute atomic E-state index is 0.0582. The lowest BCUT2D eigenvalue weighted by Crippen LogP contribution is -2.45. The van der Waals surface area contributed by atoms with E-state index in [9.17, 15) is 4.79 Å². The average Bonchev–Trinajstić information content (AvgIpc) is 3.27. The number of rotatable bonds is 3. The Morgan fingerprint density at radius 1 is 1.33 bits per heavy atom. The average molecular weight is 285 g/mol. The van der Waals surface area contributed by atoms with Crippen LogP contribution in [0.5, 0.6) is 0 Å². The maximum atomic E-state index is 12.5. The number of nitrogens with zero attached hydrogens (tertiary/aromatic N) is 2. The zero-order valence-electron chi connectivity index (χ0n) is 11.9. The van der Waals surface area contributed by atoms with Crippen LogP contribution in [-0.2, 0) is 0 Å². The van der Waals surface area contributed by atoms with Crippen molar-refractivity contribution >= 4 is 17.1 Å². The van der Waals surface area contributed by atoms with E-state index in [0.717, 1.165) is 31.6 Å². The van der Waals surface area contributed by atoms with Gasteiger partial charge in [0.15, 0.2) is 5.65 Å². The van der Waals surface area contributed by atoms with Crippen molar-refractivity contribution in [3.63, 3.8) is 0 Å². The molecule has 1 saturated heterocycles. The van der Waals surface area contributed by atoms with Gasteiger partial charge in [-0.1, -0.05) is 0 Å². The second-order valence-corrected chi connectivity index (χ2v) is 5.99. The van der Waals surface area contributed by atoms with Crippen molar-refractivity contribution in [2.75, 3.05) is 13.1 Å². The first-order valence-electron chi connectivity index (χ1n) is 7.67. The molecule has 2 fully saturated rings. The standard InChI is InChI=1S/C15H19N5O/c21-15(19-10-2-1-5-16-6-10)11-7-17-14-13(11)20-12(8-18-14)9-3-4-9/h7-10,16H,1-6H2,(H,17,18)(H,19,21). The quantitative estimate of drug-likeness (QED) is 0.794. The van der Waals surface area contributed by atoms with Crippen LogP contribution >= 0.6 is 0 Å². The number of fused-ring (bicyclic) bond motifs is 1. The third kappa shape index (κ3) is 2.51. The van der Waals surface area contributed by atoms with Crippen molar-refractivity contribution in [3.05, 3.63) is 23.7 Å². The van der Waals surface area contributed by atoms with Crippen LogP contribution in [0.2, 0.25) is 0 Å². The molecule has 1 aliphatic heterocycles. The van der Waals surface area contributed by atoms with Gasteiger partial charge in [-0.2, -0.15) is 0 Å². The van der Waals surface area contributed by atoms with Gasteiger partial charge in [0, 0.05) is 24.7 Å². The zero-order chi connectivity index (χ0) is 14.2. The molecule has 3 heterocycles. The van der Waals surface area contributed by atoms with Crippen LogP contribution in [-0.4, -0.2) is 40.0 Å². The van der Waals surface area contributed by atoms with Crippen LogP contribution in [0.1, 0.15) is 47.7 Å². The summed E-state index contributed by atoms with van der Waals surface area (Å²) >= 11 is 0. The number of carbonyl (C=O) groups excluding carboxylic acids is 1. The van der Waals surface area contributed by atoms with Crippen LogP contribution in [0.4, 0.5) is 0 Å². The molecular formula is C15H19N5O. The van der Waals surface area contributed by atoms with E-state index in [1.165, 1.54) is 12.8 Å². The molecule has 110 valence electrons. The van der Waals surface area contributed by atoms with Gasteiger partial charge in [0.25, 0.3) is 5.91 Å². The number of aromatic nitrogens is 3. The number of piperidine rings is 1. The summed E-state index contributed by atoms with van der Waals surface area (Å²) in [5.41, 5.74) is 2.99. The fourth-order valence-corrected chi connectivity index (χ4v) is 2.89. The van der Waals surface area contributed by atoms with Crippen LogP contribution < -0.4 is 10.6 Å². The summed E-state index contributed by atoms with van der Waals surface area (Å²) in [4.78, 5) is 24.5. The van der Waals surface area contributed by atoms with E-state index in [0.29, 0.717) is 22.6 Å². The van der Waals surface area contributed by atoms with Crippen LogP contribution in [0.15, 0.2) is 12.4 Å². The second-order valence-electron chi connectivity index (χ2n) is 5.99. The molecule has 0 aromatic carbocycles. The maximum absolute atomic E-state index is 12.5. The predicted octanol–water partition coefficient (Wildman–Crippen LogP) is 1.32. The molecule has 4 rings (SSSR count). The molecule has 1 aliphatic carbocycles. The van der Waals surface area contributed by atoms with Gasteiger partial charge in [-0.15, -0.1) is 0 Å². The summed E-state index contributed by atoms with van der Waals surface area (Å²) in [6.45, 7) is 1.88. The topological polar surface area (TPSA) is 82.7 Å². The Labute approximate surface area is 122 Å². The summed E-state index contributed by atoms with van der Waals surface area (Å²) in [5.74, 6) is 0.479. The predicted molar refractivity (Wildman–Crippen MR) is 79.2 cm³/mol. The van der Waals surface area contributed by atoms with Crippen molar-refractivity contribution < 1.29 is 4.79 Å². The highest BCUT2D eigenvalue weighted by atomic mass is 16.1. The molecule has 2 aromatic rings. The number of amides is 1. The van der Waals surface area contributed by atoms with E-state index in [2.05, 4.69) is 25.6 Å². The van der Waals surface area contributed by atoms with E-state index >= 15 is 0 Å². The van der Waals surface area contributed by atoms with E-state index in [1.807, 2.05) is 6.20 Å². The van der Waals surface area contributed by atoms with E-state index in [4.69, 9.17) is 0 Å². The smallest absolute Gasteiger partial charge is 0.255 e. The molecule has 1 unspecified atom stereocenters. The highest BCUT2D eigenvalue weighted by Gasteiger charge is 2.27. The molecule has 0 bridgehead atoms. The van der Waals surface area contributed by atoms with Crippen molar-refractivity contribution in [3.8, 4) is 0 Å². The summed E-state index contributed by atoms with van der Waals surface area (Å²) in [5, 5.41) is 6.39. The minimum atomic E-state index is -0.0582. The Hall–Kier alpha value is -1.95. The molecule has 21 heavy (non-hydrogen) atoms. The lowest BCUT2D eigenvalue weighted by molar-refractivity contribution is 0.0932. The van der Waals surface area contributed by atoms with E-state index in [1.54, 1.807) is 6.20 Å². The molecule has 1 amide bonds. The van der Waals surface area contributed by atoms with Crippen molar-refractivity contribution in [2.24, 2.45) is 0 Å². The van der Waals surface area contributed by atoms with Gasteiger partial charge >= 0.3 is 0 Å². The van der Waals surface area contributed by atoms with Crippen molar-refractivity contribution in [1.82, 2.24) is 25.6 Å². The molecule has 2 aliphatic rings. The molecule has 1 atom stereocenters. The van der Waals surface area contributed by atoms with Gasteiger partial charge in [0.05, 0.1) is 17.5 Å². The Bertz CT molecular complexity index is 670. The molecule has 3 N–H and O–H groups in total. The number of hydrogen-bond acceptors (Lipinski definition) is 4.